The minimum absolute atomic E-state index is 0.396. The molecule has 1 aromatic rings. The second kappa shape index (κ2) is 4.45. The van der Waals surface area contributed by atoms with Crippen LogP contribution in [0, 0.1) is 6.92 Å². The van der Waals surface area contributed by atoms with E-state index in [1.165, 1.54) is 10.6 Å². The first kappa shape index (κ1) is 13.0. The predicted molar refractivity (Wildman–Crippen MR) is 68.5 cm³/mol. The molecule has 3 nitrogen and oxygen atoms in total. The third-order valence-electron chi connectivity index (χ3n) is 2.74. The quantitative estimate of drug-likeness (QED) is 0.815. The van der Waals surface area contributed by atoms with Gasteiger partial charge in [-0.05, 0) is 30.0 Å². The van der Waals surface area contributed by atoms with Gasteiger partial charge in [0.15, 0.2) is 0 Å². The molecular weight excluding hydrogens is 222 g/mol. The minimum Gasteiger partial charge on any atom is -0.273 e. The van der Waals surface area contributed by atoms with Gasteiger partial charge in [0.25, 0.3) is 0 Å². The Balaban J connectivity index is 3.28. The van der Waals surface area contributed by atoms with Gasteiger partial charge < -0.3 is 0 Å². The summed E-state index contributed by atoms with van der Waals surface area (Å²) in [4.78, 5) is 0. The molecular formula is C12H19NO2S. The predicted octanol–water partition coefficient (Wildman–Crippen LogP) is 2.51. The molecule has 0 saturated carbocycles. The van der Waals surface area contributed by atoms with E-state index in [-0.39, 0.29) is 0 Å². The third-order valence-corrected chi connectivity index (χ3v) is 3.93. The molecule has 0 aliphatic rings. The van der Waals surface area contributed by atoms with Crippen LogP contribution >= 0.6 is 0 Å². The number of benzene rings is 1. The fourth-order valence-electron chi connectivity index (χ4n) is 1.50. The summed E-state index contributed by atoms with van der Waals surface area (Å²) in [6, 6.07) is 5.95. The van der Waals surface area contributed by atoms with E-state index < -0.39 is 10.0 Å². The number of rotatable bonds is 3. The molecule has 90 valence electrons. The van der Waals surface area contributed by atoms with Crippen LogP contribution in [-0.2, 0) is 10.0 Å². The Morgan fingerprint density at radius 1 is 1.25 bits per heavy atom. The van der Waals surface area contributed by atoms with Gasteiger partial charge in [-0.25, -0.2) is 8.42 Å². The molecule has 0 atom stereocenters. The molecule has 0 radical (unpaired) electrons. The highest BCUT2D eigenvalue weighted by molar-refractivity contribution is 7.92. The summed E-state index contributed by atoms with van der Waals surface area (Å²) in [6.45, 7) is 6.10. The van der Waals surface area contributed by atoms with Gasteiger partial charge in [-0.3, -0.25) is 4.31 Å². The summed E-state index contributed by atoms with van der Waals surface area (Å²) in [5.74, 6) is 0.396. The number of anilines is 1. The normalized spacial score (nSPS) is 11.9. The van der Waals surface area contributed by atoms with Gasteiger partial charge in [-0.2, -0.15) is 0 Å². The van der Waals surface area contributed by atoms with Gasteiger partial charge in [-0.1, -0.05) is 26.0 Å². The Bertz CT molecular complexity index is 478. The second-order valence-electron chi connectivity index (χ2n) is 4.43. The van der Waals surface area contributed by atoms with Crippen molar-refractivity contribution in [3.63, 3.8) is 0 Å². The molecule has 0 aromatic heterocycles. The zero-order valence-electron chi connectivity index (χ0n) is 10.5. The van der Waals surface area contributed by atoms with Crippen molar-refractivity contribution in [2.45, 2.75) is 26.7 Å². The maximum absolute atomic E-state index is 11.5. The van der Waals surface area contributed by atoms with Crippen LogP contribution in [0.3, 0.4) is 0 Å². The van der Waals surface area contributed by atoms with Crippen molar-refractivity contribution in [2.75, 3.05) is 17.6 Å². The van der Waals surface area contributed by atoms with Gasteiger partial charge in [0.2, 0.25) is 10.0 Å². The maximum Gasteiger partial charge on any atom is 0.232 e. The molecule has 1 rings (SSSR count). The zero-order valence-corrected chi connectivity index (χ0v) is 11.3. The molecule has 0 aliphatic carbocycles. The number of hydrogen-bond donors (Lipinski definition) is 0. The molecule has 16 heavy (non-hydrogen) atoms. The first-order valence-corrected chi connectivity index (χ1v) is 7.12. The molecule has 0 spiro atoms. The van der Waals surface area contributed by atoms with E-state index in [2.05, 4.69) is 13.8 Å². The van der Waals surface area contributed by atoms with E-state index in [9.17, 15) is 8.42 Å². The van der Waals surface area contributed by atoms with E-state index >= 15 is 0 Å². The second-order valence-corrected chi connectivity index (χ2v) is 6.44. The van der Waals surface area contributed by atoms with Crippen molar-refractivity contribution < 1.29 is 8.42 Å². The highest BCUT2D eigenvalue weighted by atomic mass is 32.2. The summed E-state index contributed by atoms with van der Waals surface area (Å²) < 4.78 is 24.3. The molecule has 0 heterocycles. The molecule has 1 aromatic carbocycles. The molecule has 0 fully saturated rings. The number of sulfonamides is 1. The summed E-state index contributed by atoms with van der Waals surface area (Å²) in [7, 11) is -1.60. The van der Waals surface area contributed by atoms with Crippen LogP contribution in [0.1, 0.15) is 30.9 Å². The molecule has 0 saturated heterocycles. The molecule has 0 N–H and O–H groups in total. The summed E-state index contributed by atoms with van der Waals surface area (Å²) in [5, 5.41) is 0. The first-order valence-electron chi connectivity index (χ1n) is 5.28. The van der Waals surface area contributed by atoms with E-state index in [1.807, 2.05) is 25.1 Å². The van der Waals surface area contributed by atoms with Crippen LogP contribution < -0.4 is 4.31 Å². The lowest BCUT2D eigenvalue weighted by atomic mass is 10.0. The van der Waals surface area contributed by atoms with Gasteiger partial charge in [0.1, 0.15) is 0 Å². The van der Waals surface area contributed by atoms with Crippen molar-refractivity contribution in [1.29, 1.82) is 0 Å². The van der Waals surface area contributed by atoms with Crippen LogP contribution in [0.2, 0.25) is 0 Å². The lowest BCUT2D eigenvalue weighted by Gasteiger charge is -2.20. The highest BCUT2D eigenvalue weighted by Gasteiger charge is 2.15. The Morgan fingerprint density at radius 3 is 2.25 bits per heavy atom. The average Bonchev–Trinajstić information content (AvgIpc) is 2.15. The van der Waals surface area contributed by atoms with E-state index in [0.717, 1.165) is 16.8 Å². The average molecular weight is 241 g/mol. The molecule has 4 heteroatoms. The minimum atomic E-state index is -3.19. The van der Waals surface area contributed by atoms with E-state index in [4.69, 9.17) is 0 Å². The van der Waals surface area contributed by atoms with Crippen molar-refractivity contribution in [3.8, 4) is 0 Å². The van der Waals surface area contributed by atoms with Crippen LogP contribution in [0.15, 0.2) is 18.2 Å². The van der Waals surface area contributed by atoms with E-state index in [0.29, 0.717) is 5.92 Å². The molecule has 0 unspecified atom stereocenters. The van der Waals surface area contributed by atoms with Gasteiger partial charge in [0.05, 0.1) is 11.9 Å². The van der Waals surface area contributed by atoms with Crippen molar-refractivity contribution in [3.05, 3.63) is 29.3 Å². The monoisotopic (exact) mass is 241 g/mol. The van der Waals surface area contributed by atoms with Crippen molar-refractivity contribution in [1.82, 2.24) is 0 Å². The van der Waals surface area contributed by atoms with Crippen molar-refractivity contribution in [2.24, 2.45) is 0 Å². The van der Waals surface area contributed by atoms with Crippen LogP contribution in [-0.4, -0.2) is 21.7 Å². The fourth-order valence-corrected chi connectivity index (χ4v) is 2.06. The molecule has 0 amide bonds. The number of hydrogen-bond acceptors (Lipinski definition) is 2. The lowest BCUT2D eigenvalue weighted by molar-refractivity contribution is 0.600. The molecule has 0 aliphatic heterocycles. The Morgan fingerprint density at radius 2 is 1.81 bits per heavy atom. The molecule has 0 bridgehead atoms. The maximum atomic E-state index is 11.5. The SMILES string of the molecule is Cc1ccc(C(C)C)cc1N(C)S(C)(=O)=O. The summed E-state index contributed by atoms with van der Waals surface area (Å²) in [5.41, 5.74) is 2.88. The van der Waals surface area contributed by atoms with Crippen LogP contribution in [0.5, 0.6) is 0 Å². The fraction of sp³-hybridized carbons (Fsp3) is 0.500. The zero-order chi connectivity index (χ0) is 12.5. The number of aryl methyl sites for hydroxylation is 1. The van der Waals surface area contributed by atoms with Crippen molar-refractivity contribution >= 4 is 15.7 Å². The summed E-state index contributed by atoms with van der Waals surface area (Å²) in [6.07, 6.45) is 1.22. The van der Waals surface area contributed by atoms with Gasteiger partial charge in [0, 0.05) is 7.05 Å². The van der Waals surface area contributed by atoms with Gasteiger partial charge >= 0.3 is 0 Å². The third kappa shape index (κ3) is 2.76. The first-order chi connectivity index (χ1) is 7.23. The van der Waals surface area contributed by atoms with Gasteiger partial charge in [-0.15, -0.1) is 0 Å². The smallest absolute Gasteiger partial charge is 0.232 e. The topological polar surface area (TPSA) is 37.4 Å². The Kier molecular flexibility index (Phi) is 3.63. The summed E-state index contributed by atoms with van der Waals surface area (Å²) >= 11 is 0. The number of nitrogens with zero attached hydrogens (tertiary/aromatic N) is 1. The highest BCUT2D eigenvalue weighted by Crippen LogP contribution is 2.26. The van der Waals surface area contributed by atoms with E-state index in [1.54, 1.807) is 7.05 Å². The Hall–Kier alpha value is -1.03. The van der Waals surface area contributed by atoms with Crippen LogP contribution in [0.25, 0.3) is 0 Å². The van der Waals surface area contributed by atoms with Crippen LogP contribution in [0.4, 0.5) is 5.69 Å². The Labute approximate surface area is 98.1 Å². The standard InChI is InChI=1S/C12H19NO2S/c1-9(2)11-7-6-10(3)12(8-11)13(4)16(5,14)15/h6-9H,1-5H3. The largest absolute Gasteiger partial charge is 0.273 e. The lowest BCUT2D eigenvalue weighted by Crippen LogP contribution is -2.25.